The summed E-state index contributed by atoms with van der Waals surface area (Å²) in [6.07, 6.45) is 7.10. The summed E-state index contributed by atoms with van der Waals surface area (Å²) in [4.78, 5) is 14.0. The van der Waals surface area contributed by atoms with E-state index in [1.807, 2.05) is 62.5 Å². The molecule has 0 aromatic heterocycles. The summed E-state index contributed by atoms with van der Waals surface area (Å²) in [5.41, 5.74) is 5.20. The molecule has 0 heterocycles. The van der Waals surface area contributed by atoms with Crippen molar-refractivity contribution >= 4 is 47.1 Å². The number of hydrogen-bond donors (Lipinski definition) is 3. The molecule has 3 aromatic rings. The molecule has 1 amide bonds. The highest BCUT2D eigenvalue weighted by atomic mass is 16.4. The summed E-state index contributed by atoms with van der Waals surface area (Å²) >= 11 is 0. The van der Waals surface area contributed by atoms with Crippen LogP contribution in [0, 0.1) is 0 Å². The van der Waals surface area contributed by atoms with Gasteiger partial charge < -0.3 is 20.3 Å². The maximum atomic E-state index is 11.9. The second-order valence-electron chi connectivity index (χ2n) is 7.75. The van der Waals surface area contributed by atoms with Gasteiger partial charge >= 0.3 is 7.12 Å². The highest BCUT2D eigenvalue weighted by Gasteiger charge is 2.21. The van der Waals surface area contributed by atoms with E-state index in [-0.39, 0.29) is 5.91 Å². The molecule has 5 nitrogen and oxygen atoms in total. The maximum Gasteiger partial charge on any atom is 0.488 e. The lowest BCUT2D eigenvalue weighted by Gasteiger charge is -2.28. The van der Waals surface area contributed by atoms with E-state index in [0.29, 0.717) is 18.6 Å². The van der Waals surface area contributed by atoms with Gasteiger partial charge in [-0.3, -0.25) is 4.79 Å². The lowest BCUT2D eigenvalue weighted by atomic mass is 9.77. The summed E-state index contributed by atoms with van der Waals surface area (Å²) in [5, 5.41) is 24.6. The van der Waals surface area contributed by atoms with Crippen LogP contribution in [-0.4, -0.2) is 30.1 Å². The van der Waals surface area contributed by atoms with Gasteiger partial charge in [0.25, 0.3) is 0 Å². The molecule has 168 valence electrons. The maximum absolute atomic E-state index is 11.9. The number of benzene rings is 3. The van der Waals surface area contributed by atoms with E-state index < -0.39 is 7.12 Å². The van der Waals surface area contributed by atoms with Crippen molar-refractivity contribution in [3.05, 3.63) is 96.1 Å². The minimum atomic E-state index is -1.54. The number of fused-ring (bicyclic) bond motifs is 1. The molecule has 0 atom stereocenters. The largest absolute Gasteiger partial charge is 0.488 e. The first-order valence-electron chi connectivity index (χ1n) is 10.8. The van der Waals surface area contributed by atoms with Crippen LogP contribution in [0.4, 0.5) is 5.69 Å². The first-order chi connectivity index (χ1) is 15.9. The first-order valence-corrected chi connectivity index (χ1v) is 10.8. The van der Waals surface area contributed by atoms with Gasteiger partial charge in [0.15, 0.2) is 0 Å². The minimum absolute atomic E-state index is 0.231. The molecule has 6 heteroatoms. The van der Waals surface area contributed by atoms with Gasteiger partial charge in [0.05, 0.1) is 5.69 Å². The van der Waals surface area contributed by atoms with Gasteiger partial charge in [0, 0.05) is 31.1 Å². The van der Waals surface area contributed by atoms with E-state index in [1.165, 1.54) is 6.08 Å². The van der Waals surface area contributed by atoms with Gasteiger partial charge in [-0.2, -0.15) is 0 Å². The third kappa shape index (κ3) is 5.08. The number of amides is 1. The Balaban J connectivity index is 2.22. The Morgan fingerprint density at radius 1 is 1.06 bits per heavy atom. The molecule has 3 N–H and O–H groups in total. The number of hydrogen-bond acceptors (Lipinski definition) is 4. The van der Waals surface area contributed by atoms with Crippen molar-refractivity contribution in [2.24, 2.45) is 0 Å². The van der Waals surface area contributed by atoms with Crippen molar-refractivity contribution in [3.8, 4) is 0 Å². The molecule has 0 spiro atoms. The lowest BCUT2D eigenvalue weighted by molar-refractivity contribution is -0.116. The normalized spacial score (nSPS) is 10.9. The van der Waals surface area contributed by atoms with Crippen LogP contribution < -0.4 is 15.7 Å². The van der Waals surface area contributed by atoms with Crippen molar-refractivity contribution in [1.82, 2.24) is 5.32 Å². The Morgan fingerprint density at radius 2 is 1.73 bits per heavy atom. The summed E-state index contributed by atoms with van der Waals surface area (Å²) in [7, 11) is 0.438. The molecule has 0 aliphatic carbocycles. The molecule has 3 rings (SSSR count). The molecular formula is C27H29BN2O3. The monoisotopic (exact) mass is 440 g/mol. The number of carbonyl (C=O) groups excluding carboxylic acids is 1. The van der Waals surface area contributed by atoms with Crippen molar-refractivity contribution in [2.45, 2.75) is 20.0 Å². The zero-order chi connectivity index (χ0) is 24.0. The molecule has 0 aliphatic rings. The van der Waals surface area contributed by atoms with Gasteiger partial charge in [-0.15, -0.1) is 0 Å². The van der Waals surface area contributed by atoms with Crippen LogP contribution in [0.15, 0.2) is 73.8 Å². The summed E-state index contributed by atoms with van der Waals surface area (Å²) in [6.45, 7) is 10.4. The standard InChI is InChI=1S/C27H29BN2O3/c1-5-12-21-20(6-2)27(30(4)18-19-13-8-11-16-25(19)28(32)33)23-15-10-9-14-22(23)24(21)17-29-26(31)7-3/h5-16,32-33H,2-3,17-18H2,1,4H3,(H,29,31)/b12-5-. The third-order valence-electron chi connectivity index (χ3n) is 5.66. The molecule has 3 aromatic carbocycles. The number of nitrogens with one attached hydrogen (secondary N) is 1. The van der Waals surface area contributed by atoms with Crippen molar-refractivity contribution < 1.29 is 14.8 Å². The predicted octanol–water partition coefficient (Wildman–Crippen LogP) is 3.63. The number of nitrogens with zero attached hydrogens (tertiary/aromatic N) is 1. The van der Waals surface area contributed by atoms with E-state index in [1.54, 1.807) is 12.1 Å². The van der Waals surface area contributed by atoms with Crippen LogP contribution in [0.2, 0.25) is 0 Å². The van der Waals surface area contributed by atoms with Crippen LogP contribution in [0.5, 0.6) is 0 Å². The van der Waals surface area contributed by atoms with E-state index in [4.69, 9.17) is 0 Å². The number of anilines is 1. The van der Waals surface area contributed by atoms with E-state index in [2.05, 4.69) is 29.4 Å². The van der Waals surface area contributed by atoms with Crippen LogP contribution in [0.25, 0.3) is 22.9 Å². The average molecular weight is 440 g/mol. The second-order valence-corrected chi connectivity index (χ2v) is 7.75. The highest BCUT2D eigenvalue weighted by Crippen LogP contribution is 2.38. The van der Waals surface area contributed by atoms with Gasteiger partial charge in [0.2, 0.25) is 5.91 Å². The minimum Gasteiger partial charge on any atom is -0.423 e. The van der Waals surface area contributed by atoms with Crippen LogP contribution in [0.1, 0.15) is 29.2 Å². The van der Waals surface area contributed by atoms with Crippen molar-refractivity contribution in [3.63, 3.8) is 0 Å². The predicted molar refractivity (Wildman–Crippen MR) is 139 cm³/mol. The van der Waals surface area contributed by atoms with Crippen LogP contribution >= 0.6 is 0 Å². The molecule has 0 saturated heterocycles. The number of carbonyl (C=O) groups is 1. The molecular weight excluding hydrogens is 411 g/mol. The van der Waals surface area contributed by atoms with Gasteiger partial charge in [-0.05, 0) is 40.5 Å². The summed E-state index contributed by atoms with van der Waals surface area (Å²) in [6, 6.07) is 15.4. The van der Waals surface area contributed by atoms with Gasteiger partial charge in [-0.25, -0.2) is 0 Å². The van der Waals surface area contributed by atoms with Crippen LogP contribution in [-0.2, 0) is 17.9 Å². The fraction of sp³-hybridized carbons (Fsp3) is 0.148. The SMILES string of the molecule is C=CC(=O)NCc1c(/C=C\C)c(C=C)c(N(C)Cc2ccccc2B(O)O)c2ccccc12. The molecule has 0 bridgehead atoms. The average Bonchev–Trinajstić information content (AvgIpc) is 2.82. The second kappa shape index (κ2) is 10.8. The Hall–Kier alpha value is -3.61. The van der Waals surface area contributed by atoms with Crippen molar-refractivity contribution in [1.29, 1.82) is 0 Å². The molecule has 0 fully saturated rings. The number of allylic oxidation sites excluding steroid dienone is 1. The smallest absolute Gasteiger partial charge is 0.423 e. The molecule has 0 aliphatic heterocycles. The first kappa shape index (κ1) is 24.0. The zero-order valence-electron chi connectivity index (χ0n) is 19.1. The topological polar surface area (TPSA) is 72.8 Å². The van der Waals surface area contributed by atoms with Crippen molar-refractivity contribution in [2.75, 3.05) is 11.9 Å². The van der Waals surface area contributed by atoms with Gasteiger partial charge in [0.1, 0.15) is 0 Å². The van der Waals surface area contributed by atoms with Gasteiger partial charge in [-0.1, -0.05) is 79.9 Å². The summed E-state index contributed by atoms with van der Waals surface area (Å²) < 4.78 is 0. The zero-order valence-corrected chi connectivity index (χ0v) is 19.1. The fourth-order valence-corrected chi connectivity index (χ4v) is 4.21. The fourth-order valence-electron chi connectivity index (χ4n) is 4.21. The Morgan fingerprint density at radius 3 is 2.36 bits per heavy atom. The summed E-state index contributed by atoms with van der Waals surface area (Å²) in [5.74, 6) is -0.231. The molecule has 0 unspecified atom stereocenters. The van der Waals surface area contributed by atoms with E-state index >= 15 is 0 Å². The number of rotatable bonds is 9. The third-order valence-corrected chi connectivity index (χ3v) is 5.66. The van der Waals surface area contributed by atoms with E-state index in [9.17, 15) is 14.8 Å². The Bertz CT molecular complexity index is 1220. The molecule has 33 heavy (non-hydrogen) atoms. The molecule has 0 saturated carbocycles. The van der Waals surface area contributed by atoms with Crippen LogP contribution in [0.3, 0.4) is 0 Å². The molecule has 0 radical (unpaired) electrons. The Kier molecular flexibility index (Phi) is 7.88. The quantitative estimate of drug-likeness (QED) is 0.351. The highest BCUT2D eigenvalue weighted by molar-refractivity contribution is 6.59. The Labute approximate surface area is 195 Å². The lowest BCUT2D eigenvalue weighted by Crippen LogP contribution is -2.35. The van der Waals surface area contributed by atoms with E-state index in [0.717, 1.165) is 38.7 Å².